The molecule has 0 heterocycles. The SMILES string of the molecule is NC(=O)C[C@H](CC(=O)O)c1ccc(Br)cc1. The van der Waals surface area contributed by atoms with Gasteiger partial charge in [0.1, 0.15) is 0 Å². The fourth-order valence-electron chi connectivity index (χ4n) is 1.50. The van der Waals surface area contributed by atoms with Gasteiger partial charge >= 0.3 is 5.97 Å². The van der Waals surface area contributed by atoms with Gasteiger partial charge in [0.25, 0.3) is 0 Å². The van der Waals surface area contributed by atoms with E-state index in [4.69, 9.17) is 10.8 Å². The van der Waals surface area contributed by atoms with Crippen molar-refractivity contribution >= 4 is 27.8 Å². The molecule has 0 radical (unpaired) electrons. The maximum Gasteiger partial charge on any atom is 0.303 e. The van der Waals surface area contributed by atoms with E-state index in [-0.39, 0.29) is 18.8 Å². The molecule has 16 heavy (non-hydrogen) atoms. The Morgan fingerprint density at radius 1 is 1.25 bits per heavy atom. The molecule has 0 aromatic heterocycles. The maximum atomic E-state index is 10.9. The third kappa shape index (κ3) is 4.02. The summed E-state index contributed by atoms with van der Waals surface area (Å²) in [5, 5.41) is 8.75. The van der Waals surface area contributed by atoms with E-state index in [0.29, 0.717) is 0 Å². The van der Waals surface area contributed by atoms with Gasteiger partial charge in [0.2, 0.25) is 5.91 Å². The second-order valence-corrected chi connectivity index (χ2v) is 4.43. The highest BCUT2D eigenvalue weighted by Gasteiger charge is 2.17. The van der Waals surface area contributed by atoms with Crippen LogP contribution in [0.1, 0.15) is 24.3 Å². The molecule has 1 atom stereocenters. The van der Waals surface area contributed by atoms with Crippen molar-refractivity contribution in [1.82, 2.24) is 0 Å². The van der Waals surface area contributed by atoms with Gasteiger partial charge in [0.15, 0.2) is 0 Å². The number of carbonyl (C=O) groups is 2. The quantitative estimate of drug-likeness (QED) is 0.867. The van der Waals surface area contributed by atoms with Crippen molar-refractivity contribution in [2.75, 3.05) is 0 Å². The topological polar surface area (TPSA) is 80.4 Å². The molecule has 0 saturated heterocycles. The number of hydrogen-bond acceptors (Lipinski definition) is 2. The number of primary amides is 1. The van der Waals surface area contributed by atoms with Crippen molar-refractivity contribution in [1.29, 1.82) is 0 Å². The minimum atomic E-state index is -0.936. The van der Waals surface area contributed by atoms with Crippen LogP contribution >= 0.6 is 15.9 Å². The van der Waals surface area contributed by atoms with Crippen LogP contribution in [0.15, 0.2) is 28.7 Å². The average Bonchev–Trinajstić information content (AvgIpc) is 2.16. The summed E-state index contributed by atoms with van der Waals surface area (Å²) in [6.07, 6.45) is -0.0432. The van der Waals surface area contributed by atoms with E-state index in [2.05, 4.69) is 15.9 Å². The van der Waals surface area contributed by atoms with E-state index in [1.165, 1.54) is 0 Å². The highest BCUT2D eigenvalue weighted by molar-refractivity contribution is 9.10. The van der Waals surface area contributed by atoms with Crippen molar-refractivity contribution in [3.05, 3.63) is 34.3 Å². The Hall–Kier alpha value is -1.36. The largest absolute Gasteiger partial charge is 0.481 e. The van der Waals surface area contributed by atoms with E-state index >= 15 is 0 Å². The van der Waals surface area contributed by atoms with Gasteiger partial charge < -0.3 is 10.8 Å². The standard InChI is InChI=1S/C11H12BrNO3/c12-9-3-1-7(2-4-9)8(5-10(13)14)6-11(15)16/h1-4,8H,5-6H2,(H2,13,14)(H,15,16)/t8-/m1/s1. The molecule has 4 nitrogen and oxygen atoms in total. The molecular formula is C11H12BrNO3. The first-order valence-corrected chi connectivity index (χ1v) is 5.54. The fraction of sp³-hybridized carbons (Fsp3) is 0.273. The number of amides is 1. The molecule has 1 aromatic rings. The summed E-state index contributed by atoms with van der Waals surface area (Å²) >= 11 is 3.29. The summed E-state index contributed by atoms with van der Waals surface area (Å²) in [7, 11) is 0. The van der Waals surface area contributed by atoms with Crippen LogP contribution in [0, 0.1) is 0 Å². The van der Waals surface area contributed by atoms with Crippen LogP contribution in [0.4, 0.5) is 0 Å². The molecule has 5 heteroatoms. The van der Waals surface area contributed by atoms with Crippen molar-refractivity contribution in [3.63, 3.8) is 0 Å². The Balaban J connectivity index is 2.86. The molecule has 3 N–H and O–H groups in total. The number of rotatable bonds is 5. The highest BCUT2D eigenvalue weighted by Crippen LogP contribution is 2.24. The van der Waals surface area contributed by atoms with Gasteiger partial charge in [-0.2, -0.15) is 0 Å². The zero-order valence-corrected chi connectivity index (χ0v) is 10.1. The molecule has 86 valence electrons. The molecule has 0 aliphatic heterocycles. The molecule has 1 amide bonds. The predicted octanol–water partition coefficient (Wildman–Crippen LogP) is 1.88. The lowest BCUT2D eigenvalue weighted by molar-refractivity contribution is -0.137. The second-order valence-electron chi connectivity index (χ2n) is 3.52. The molecule has 0 aliphatic carbocycles. The van der Waals surface area contributed by atoms with Gasteiger partial charge in [0.05, 0.1) is 6.42 Å². The van der Waals surface area contributed by atoms with Crippen LogP contribution in [0.2, 0.25) is 0 Å². The molecule has 0 aliphatic rings. The predicted molar refractivity (Wildman–Crippen MR) is 62.9 cm³/mol. The van der Waals surface area contributed by atoms with Crippen molar-refractivity contribution < 1.29 is 14.7 Å². The number of aliphatic carboxylic acids is 1. The number of benzene rings is 1. The summed E-state index contributed by atoms with van der Waals surface area (Å²) in [4.78, 5) is 21.5. The Bertz CT molecular complexity index is 373. The summed E-state index contributed by atoms with van der Waals surface area (Å²) < 4.78 is 0.907. The van der Waals surface area contributed by atoms with Crippen LogP contribution in [0.5, 0.6) is 0 Å². The minimum Gasteiger partial charge on any atom is -0.481 e. The monoisotopic (exact) mass is 285 g/mol. The van der Waals surface area contributed by atoms with E-state index in [0.717, 1.165) is 10.0 Å². The van der Waals surface area contributed by atoms with E-state index in [1.54, 1.807) is 12.1 Å². The number of carbonyl (C=O) groups excluding carboxylic acids is 1. The minimum absolute atomic E-state index is 0.0495. The molecular weight excluding hydrogens is 274 g/mol. The smallest absolute Gasteiger partial charge is 0.303 e. The van der Waals surface area contributed by atoms with Gasteiger partial charge in [-0.25, -0.2) is 0 Å². The van der Waals surface area contributed by atoms with E-state index in [9.17, 15) is 9.59 Å². The molecule has 0 fully saturated rings. The second kappa shape index (κ2) is 5.65. The first-order chi connectivity index (χ1) is 7.49. The van der Waals surface area contributed by atoms with Gasteiger partial charge in [-0.15, -0.1) is 0 Å². The Kier molecular flexibility index (Phi) is 4.49. The summed E-state index contributed by atoms with van der Waals surface area (Å²) in [6.45, 7) is 0. The van der Waals surface area contributed by atoms with Gasteiger partial charge in [-0.1, -0.05) is 28.1 Å². The summed E-state index contributed by atoms with van der Waals surface area (Å²) in [5.41, 5.74) is 5.90. The third-order valence-corrected chi connectivity index (χ3v) is 2.74. The third-order valence-electron chi connectivity index (χ3n) is 2.21. The van der Waals surface area contributed by atoms with Gasteiger partial charge in [-0.05, 0) is 17.7 Å². The number of nitrogens with two attached hydrogens (primary N) is 1. The zero-order valence-electron chi connectivity index (χ0n) is 8.52. The lowest BCUT2D eigenvalue weighted by Gasteiger charge is -2.13. The maximum absolute atomic E-state index is 10.9. The summed E-state index contributed by atoms with van der Waals surface area (Å²) in [6, 6.07) is 7.21. The van der Waals surface area contributed by atoms with Crippen LogP contribution < -0.4 is 5.73 Å². The van der Waals surface area contributed by atoms with Crippen molar-refractivity contribution in [2.24, 2.45) is 5.73 Å². The zero-order chi connectivity index (χ0) is 12.1. The molecule has 0 bridgehead atoms. The Labute approximate surface area is 102 Å². The lowest BCUT2D eigenvalue weighted by Crippen LogP contribution is -2.17. The number of carboxylic acid groups (broad SMARTS) is 1. The number of carboxylic acids is 1. The average molecular weight is 286 g/mol. The summed E-state index contributed by atoms with van der Waals surface area (Å²) in [5.74, 6) is -1.79. The molecule has 0 unspecified atom stereocenters. The lowest BCUT2D eigenvalue weighted by atomic mass is 9.92. The number of halogens is 1. The number of hydrogen-bond donors (Lipinski definition) is 2. The van der Waals surface area contributed by atoms with Gasteiger partial charge in [0, 0.05) is 16.8 Å². The van der Waals surface area contributed by atoms with Crippen LogP contribution in [0.3, 0.4) is 0 Å². The fourth-order valence-corrected chi connectivity index (χ4v) is 1.76. The first-order valence-electron chi connectivity index (χ1n) is 4.74. The highest BCUT2D eigenvalue weighted by atomic mass is 79.9. The van der Waals surface area contributed by atoms with Crippen molar-refractivity contribution in [3.8, 4) is 0 Å². The van der Waals surface area contributed by atoms with Gasteiger partial charge in [-0.3, -0.25) is 9.59 Å². The molecule has 1 aromatic carbocycles. The molecule has 0 saturated carbocycles. The van der Waals surface area contributed by atoms with Crippen LogP contribution in [0.25, 0.3) is 0 Å². The van der Waals surface area contributed by atoms with E-state index < -0.39 is 11.9 Å². The Morgan fingerprint density at radius 2 is 1.81 bits per heavy atom. The molecule has 1 rings (SSSR count). The van der Waals surface area contributed by atoms with Crippen molar-refractivity contribution in [2.45, 2.75) is 18.8 Å². The van der Waals surface area contributed by atoms with E-state index in [1.807, 2.05) is 12.1 Å². The Morgan fingerprint density at radius 3 is 2.25 bits per heavy atom. The normalized spacial score (nSPS) is 12.1. The van der Waals surface area contributed by atoms with Crippen LogP contribution in [-0.2, 0) is 9.59 Å². The molecule has 0 spiro atoms. The van der Waals surface area contributed by atoms with Crippen LogP contribution in [-0.4, -0.2) is 17.0 Å². The first kappa shape index (κ1) is 12.7.